The molecular weight excluding hydrogens is 288 g/mol. The summed E-state index contributed by atoms with van der Waals surface area (Å²) in [5.74, 6) is 1.50. The van der Waals surface area contributed by atoms with Crippen LogP contribution in [-0.4, -0.2) is 38.2 Å². The monoisotopic (exact) mass is 308 g/mol. The molecule has 2 aromatic rings. The van der Waals surface area contributed by atoms with E-state index in [1.165, 1.54) is 6.42 Å². The summed E-state index contributed by atoms with van der Waals surface area (Å²) < 4.78 is 0. The predicted molar refractivity (Wildman–Crippen MR) is 88.0 cm³/mol. The number of aromatic nitrogens is 1. The van der Waals surface area contributed by atoms with E-state index in [2.05, 4.69) is 22.5 Å². The van der Waals surface area contributed by atoms with Crippen LogP contribution in [0.25, 0.3) is 10.9 Å². The summed E-state index contributed by atoms with van der Waals surface area (Å²) >= 11 is 0. The minimum absolute atomic E-state index is 0.165. The van der Waals surface area contributed by atoms with Crippen molar-refractivity contribution in [2.45, 2.75) is 30.5 Å². The SMILES string of the molecule is C=CC1CN2C([C@H](O)c3ccnc4ccc(O)cc34)CC3CC132. The lowest BCUT2D eigenvalue weighted by Gasteiger charge is -2.50. The Hall–Kier alpha value is -1.91. The van der Waals surface area contributed by atoms with Gasteiger partial charge in [0.1, 0.15) is 5.75 Å². The lowest BCUT2D eigenvalue weighted by Crippen LogP contribution is -2.60. The summed E-state index contributed by atoms with van der Waals surface area (Å²) in [7, 11) is 0. The Kier molecular flexibility index (Phi) is 2.55. The number of piperidine rings is 1. The Morgan fingerprint density at radius 2 is 2.26 bits per heavy atom. The zero-order valence-electron chi connectivity index (χ0n) is 12.9. The molecule has 23 heavy (non-hydrogen) atoms. The first kappa shape index (κ1) is 13.5. The van der Waals surface area contributed by atoms with Gasteiger partial charge in [-0.1, -0.05) is 6.08 Å². The van der Waals surface area contributed by atoms with Crippen LogP contribution in [0.15, 0.2) is 43.1 Å². The van der Waals surface area contributed by atoms with Crippen LogP contribution < -0.4 is 0 Å². The van der Waals surface area contributed by atoms with Crippen molar-refractivity contribution in [1.82, 2.24) is 9.88 Å². The molecule has 5 atom stereocenters. The second-order valence-electron chi connectivity index (χ2n) is 7.24. The molecule has 118 valence electrons. The third kappa shape index (κ3) is 1.60. The van der Waals surface area contributed by atoms with Gasteiger partial charge in [0.2, 0.25) is 0 Å². The summed E-state index contributed by atoms with van der Waals surface area (Å²) in [6, 6.07) is 7.18. The van der Waals surface area contributed by atoms with Crippen molar-refractivity contribution in [3.05, 3.63) is 48.7 Å². The Balaban J connectivity index is 1.52. The first-order valence-corrected chi connectivity index (χ1v) is 8.30. The molecule has 3 fully saturated rings. The Morgan fingerprint density at radius 1 is 1.39 bits per heavy atom. The van der Waals surface area contributed by atoms with E-state index in [1.54, 1.807) is 24.4 Å². The highest BCUT2D eigenvalue weighted by molar-refractivity contribution is 5.83. The molecule has 1 aliphatic carbocycles. The molecule has 3 heterocycles. The maximum Gasteiger partial charge on any atom is 0.116 e. The number of pyridine rings is 1. The lowest BCUT2D eigenvalue weighted by atomic mass is 9.84. The number of phenolic OH excluding ortho intramolecular Hbond substituents is 1. The molecule has 4 heteroatoms. The van der Waals surface area contributed by atoms with Gasteiger partial charge in [-0.3, -0.25) is 9.88 Å². The molecule has 4 unspecified atom stereocenters. The van der Waals surface area contributed by atoms with E-state index in [-0.39, 0.29) is 11.8 Å². The average molecular weight is 308 g/mol. The Bertz CT molecular complexity index is 820. The molecule has 2 N–H and O–H groups in total. The number of phenols is 1. The molecular formula is C19H20N2O2. The van der Waals surface area contributed by atoms with E-state index in [0.29, 0.717) is 17.4 Å². The van der Waals surface area contributed by atoms with Gasteiger partial charge < -0.3 is 10.2 Å². The number of rotatable bonds is 3. The Morgan fingerprint density at radius 3 is 3.09 bits per heavy atom. The number of hydrogen-bond acceptors (Lipinski definition) is 4. The molecule has 1 aromatic carbocycles. The van der Waals surface area contributed by atoms with E-state index in [1.807, 2.05) is 6.07 Å². The highest BCUT2D eigenvalue weighted by Gasteiger charge is 2.74. The third-order valence-electron chi connectivity index (χ3n) is 6.34. The number of fused-ring (bicyclic) bond motifs is 1. The molecule has 0 radical (unpaired) electrons. The lowest BCUT2D eigenvalue weighted by molar-refractivity contribution is -0.0414. The standard InChI is InChI=1S/C19H20N2O2/c1-2-11-10-21-17(7-12-9-19(11,12)21)18(23)14-5-6-20-16-4-3-13(22)8-15(14)16/h2-6,8,11-12,17-18,22-23H,1,7,9-10H2/t11?,12?,17?,18-,19?/m1/s1. The molecule has 2 saturated heterocycles. The molecule has 2 aliphatic heterocycles. The maximum absolute atomic E-state index is 11.0. The van der Waals surface area contributed by atoms with E-state index in [9.17, 15) is 10.2 Å². The molecule has 1 saturated carbocycles. The molecule has 0 amide bonds. The largest absolute Gasteiger partial charge is 0.508 e. The minimum Gasteiger partial charge on any atom is -0.508 e. The number of aliphatic hydroxyl groups is 1. The third-order valence-corrected chi connectivity index (χ3v) is 6.34. The second-order valence-corrected chi connectivity index (χ2v) is 7.24. The molecule has 0 bridgehead atoms. The van der Waals surface area contributed by atoms with E-state index >= 15 is 0 Å². The highest BCUT2D eigenvalue weighted by atomic mass is 16.3. The summed E-state index contributed by atoms with van der Waals surface area (Å²) in [6.45, 7) is 4.98. The van der Waals surface area contributed by atoms with Crippen molar-refractivity contribution in [3.63, 3.8) is 0 Å². The number of hydrogen-bond donors (Lipinski definition) is 2. The smallest absolute Gasteiger partial charge is 0.116 e. The van der Waals surface area contributed by atoms with Crippen molar-refractivity contribution in [3.8, 4) is 5.75 Å². The molecule has 5 rings (SSSR count). The van der Waals surface area contributed by atoms with Crippen molar-refractivity contribution >= 4 is 10.9 Å². The average Bonchev–Trinajstić information content (AvgIpc) is 3.24. The van der Waals surface area contributed by atoms with Crippen LogP contribution in [0, 0.1) is 11.8 Å². The van der Waals surface area contributed by atoms with Crippen LogP contribution in [0.1, 0.15) is 24.5 Å². The molecule has 1 aromatic heterocycles. The van der Waals surface area contributed by atoms with Crippen LogP contribution >= 0.6 is 0 Å². The van der Waals surface area contributed by atoms with Gasteiger partial charge in [0.05, 0.1) is 11.6 Å². The normalized spacial score (nSPS) is 36.1. The van der Waals surface area contributed by atoms with E-state index < -0.39 is 6.10 Å². The summed E-state index contributed by atoms with van der Waals surface area (Å²) in [4.78, 5) is 6.83. The zero-order chi connectivity index (χ0) is 15.8. The number of aromatic hydroxyl groups is 1. The van der Waals surface area contributed by atoms with Crippen LogP contribution in [0.2, 0.25) is 0 Å². The number of benzene rings is 1. The maximum atomic E-state index is 11.0. The van der Waals surface area contributed by atoms with Gasteiger partial charge in [0.25, 0.3) is 0 Å². The van der Waals surface area contributed by atoms with Gasteiger partial charge in [-0.15, -0.1) is 6.58 Å². The fourth-order valence-corrected chi connectivity index (χ4v) is 5.13. The van der Waals surface area contributed by atoms with Gasteiger partial charge in [-0.05, 0) is 48.6 Å². The van der Waals surface area contributed by atoms with Crippen molar-refractivity contribution in [1.29, 1.82) is 0 Å². The highest BCUT2D eigenvalue weighted by Crippen LogP contribution is 2.69. The molecule has 3 aliphatic rings. The number of aliphatic hydroxyl groups excluding tert-OH is 1. The zero-order valence-corrected chi connectivity index (χ0v) is 12.9. The van der Waals surface area contributed by atoms with Crippen LogP contribution in [0.5, 0.6) is 5.75 Å². The van der Waals surface area contributed by atoms with Crippen LogP contribution in [0.4, 0.5) is 0 Å². The molecule has 1 spiro atoms. The van der Waals surface area contributed by atoms with E-state index in [4.69, 9.17) is 0 Å². The van der Waals surface area contributed by atoms with Crippen molar-refractivity contribution < 1.29 is 10.2 Å². The predicted octanol–water partition coefficient (Wildman–Crippen LogP) is 2.62. The van der Waals surface area contributed by atoms with Crippen LogP contribution in [-0.2, 0) is 0 Å². The van der Waals surface area contributed by atoms with Gasteiger partial charge in [-0.2, -0.15) is 0 Å². The summed E-state index contributed by atoms with van der Waals surface area (Å²) in [5.41, 5.74) is 1.98. The summed E-state index contributed by atoms with van der Waals surface area (Å²) in [6.07, 6.45) is 5.59. The summed E-state index contributed by atoms with van der Waals surface area (Å²) in [5, 5.41) is 21.7. The van der Waals surface area contributed by atoms with E-state index in [0.717, 1.165) is 29.4 Å². The van der Waals surface area contributed by atoms with Gasteiger partial charge >= 0.3 is 0 Å². The first-order chi connectivity index (χ1) is 11.1. The van der Waals surface area contributed by atoms with Gasteiger partial charge in [0.15, 0.2) is 0 Å². The fraction of sp³-hybridized carbons (Fsp3) is 0.421. The first-order valence-electron chi connectivity index (χ1n) is 8.30. The quantitative estimate of drug-likeness (QED) is 0.856. The number of nitrogens with zero attached hydrogens (tertiary/aromatic N) is 2. The molecule has 4 nitrogen and oxygen atoms in total. The van der Waals surface area contributed by atoms with Gasteiger partial charge in [0, 0.05) is 35.6 Å². The fourth-order valence-electron chi connectivity index (χ4n) is 5.13. The van der Waals surface area contributed by atoms with Crippen molar-refractivity contribution in [2.75, 3.05) is 6.54 Å². The second kappa shape index (κ2) is 4.34. The minimum atomic E-state index is -0.544. The van der Waals surface area contributed by atoms with Crippen molar-refractivity contribution in [2.24, 2.45) is 11.8 Å². The van der Waals surface area contributed by atoms with Crippen LogP contribution in [0.3, 0.4) is 0 Å². The Labute approximate surface area is 135 Å². The van der Waals surface area contributed by atoms with Gasteiger partial charge in [-0.25, -0.2) is 0 Å². The topological polar surface area (TPSA) is 56.6 Å².